The molecule has 0 aliphatic rings. The van der Waals surface area contributed by atoms with E-state index in [9.17, 15) is 18.0 Å². The lowest BCUT2D eigenvalue weighted by atomic mass is 10.1. The van der Waals surface area contributed by atoms with E-state index in [1.54, 1.807) is 6.92 Å². The van der Waals surface area contributed by atoms with E-state index in [1.165, 1.54) is 12.1 Å². The van der Waals surface area contributed by atoms with Gasteiger partial charge >= 0.3 is 6.36 Å². The van der Waals surface area contributed by atoms with E-state index in [0.717, 1.165) is 18.3 Å². The minimum Gasteiger partial charge on any atom is -0.406 e. The SMILES string of the molecule is CCN=CC(=O)c1cccc(OC(F)(F)F)c1. The van der Waals surface area contributed by atoms with Gasteiger partial charge in [0.2, 0.25) is 5.78 Å². The maximum Gasteiger partial charge on any atom is 0.573 e. The van der Waals surface area contributed by atoms with Crippen molar-refractivity contribution in [3.8, 4) is 5.75 Å². The highest BCUT2D eigenvalue weighted by Crippen LogP contribution is 2.23. The fraction of sp³-hybridized carbons (Fsp3) is 0.273. The summed E-state index contributed by atoms with van der Waals surface area (Å²) in [4.78, 5) is 15.2. The van der Waals surface area contributed by atoms with Crippen LogP contribution in [0.1, 0.15) is 17.3 Å². The number of halogens is 3. The van der Waals surface area contributed by atoms with E-state index in [4.69, 9.17) is 0 Å². The Morgan fingerprint density at radius 3 is 2.76 bits per heavy atom. The van der Waals surface area contributed by atoms with Gasteiger partial charge in [0.15, 0.2) is 0 Å². The van der Waals surface area contributed by atoms with Crippen LogP contribution in [0.15, 0.2) is 29.3 Å². The minimum absolute atomic E-state index is 0.101. The van der Waals surface area contributed by atoms with Gasteiger partial charge in [-0.2, -0.15) is 0 Å². The van der Waals surface area contributed by atoms with Crippen molar-refractivity contribution in [1.29, 1.82) is 0 Å². The van der Waals surface area contributed by atoms with Crippen molar-refractivity contribution >= 4 is 12.0 Å². The smallest absolute Gasteiger partial charge is 0.406 e. The highest BCUT2D eigenvalue weighted by molar-refractivity contribution is 6.35. The molecule has 17 heavy (non-hydrogen) atoms. The zero-order valence-corrected chi connectivity index (χ0v) is 8.99. The molecule has 0 aromatic heterocycles. The second-order valence-corrected chi connectivity index (χ2v) is 3.07. The van der Waals surface area contributed by atoms with Gasteiger partial charge in [-0.25, -0.2) is 0 Å². The summed E-state index contributed by atoms with van der Waals surface area (Å²) in [7, 11) is 0. The molecule has 6 heteroatoms. The molecule has 0 saturated heterocycles. The Morgan fingerprint density at radius 2 is 2.18 bits per heavy atom. The summed E-state index contributed by atoms with van der Waals surface area (Å²) in [6.07, 6.45) is -3.69. The number of carbonyl (C=O) groups is 1. The lowest BCUT2D eigenvalue weighted by molar-refractivity contribution is -0.274. The van der Waals surface area contributed by atoms with Crippen molar-refractivity contribution in [1.82, 2.24) is 0 Å². The van der Waals surface area contributed by atoms with Crippen LogP contribution in [0.3, 0.4) is 0 Å². The molecular formula is C11H10F3NO2. The van der Waals surface area contributed by atoms with Crippen LogP contribution < -0.4 is 4.74 Å². The van der Waals surface area contributed by atoms with Gasteiger partial charge in [-0.1, -0.05) is 12.1 Å². The monoisotopic (exact) mass is 245 g/mol. The number of nitrogens with zero attached hydrogens (tertiary/aromatic N) is 1. The van der Waals surface area contributed by atoms with Crippen LogP contribution in [0, 0.1) is 0 Å². The largest absolute Gasteiger partial charge is 0.573 e. The molecule has 0 spiro atoms. The Hall–Kier alpha value is -1.85. The molecule has 0 amide bonds. The predicted molar refractivity (Wildman–Crippen MR) is 56.5 cm³/mol. The topological polar surface area (TPSA) is 38.7 Å². The lowest BCUT2D eigenvalue weighted by Crippen LogP contribution is -2.17. The van der Waals surface area contributed by atoms with Crippen molar-refractivity contribution in [2.45, 2.75) is 13.3 Å². The average Bonchev–Trinajstić information content (AvgIpc) is 2.24. The Kier molecular flexibility index (Phi) is 4.25. The van der Waals surface area contributed by atoms with E-state index < -0.39 is 17.9 Å². The quantitative estimate of drug-likeness (QED) is 0.604. The molecule has 0 unspecified atom stereocenters. The number of ether oxygens (including phenoxy) is 1. The third-order valence-corrected chi connectivity index (χ3v) is 1.74. The standard InChI is InChI=1S/C11H10F3NO2/c1-2-15-7-10(16)8-4-3-5-9(6-8)17-11(12,13)14/h3-7H,2H2,1H3. The van der Waals surface area contributed by atoms with E-state index >= 15 is 0 Å². The number of hydrogen-bond acceptors (Lipinski definition) is 3. The number of rotatable bonds is 4. The molecule has 0 radical (unpaired) electrons. The third-order valence-electron chi connectivity index (χ3n) is 1.74. The van der Waals surface area contributed by atoms with E-state index in [0.29, 0.717) is 6.54 Å². The summed E-state index contributed by atoms with van der Waals surface area (Å²) in [6.45, 7) is 2.18. The molecule has 0 N–H and O–H groups in total. The van der Waals surface area contributed by atoms with Crippen LogP contribution in [0.2, 0.25) is 0 Å². The van der Waals surface area contributed by atoms with Crippen LogP contribution in [0.5, 0.6) is 5.75 Å². The van der Waals surface area contributed by atoms with Crippen LogP contribution in [0.4, 0.5) is 13.2 Å². The van der Waals surface area contributed by atoms with Crippen LogP contribution in [0.25, 0.3) is 0 Å². The van der Waals surface area contributed by atoms with Crippen molar-refractivity contribution in [3.05, 3.63) is 29.8 Å². The van der Waals surface area contributed by atoms with Gasteiger partial charge in [-0.3, -0.25) is 9.79 Å². The Morgan fingerprint density at radius 1 is 1.47 bits per heavy atom. The van der Waals surface area contributed by atoms with E-state index in [1.807, 2.05) is 0 Å². The van der Waals surface area contributed by atoms with Crippen LogP contribution in [-0.2, 0) is 0 Å². The maximum atomic E-state index is 11.9. The normalized spacial score (nSPS) is 11.8. The lowest BCUT2D eigenvalue weighted by Gasteiger charge is -2.08. The molecule has 0 aliphatic carbocycles. The van der Waals surface area contributed by atoms with Crippen molar-refractivity contribution < 1.29 is 22.7 Å². The number of carbonyl (C=O) groups excluding carboxylic acids is 1. The van der Waals surface area contributed by atoms with Gasteiger partial charge < -0.3 is 4.74 Å². The molecule has 0 fully saturated rings. The van der Waals surface area contributed by atoms with Crippen molar-refractivity contribution in [2.75, 3.05) is 6.54 Å². The molecule has 1 aromatic carbocycles. The summed E-state index contributed by atoms with van der Waals surface area (Å²) in [5, 5.41) is 0. The van der Waals surface area contributed by atoms with Crippen LogP contribution in [-0.4, -0.2) is 24.9 Å². The molecule has 0 atom stereocenters. The van der Waals surface area contributed by atoms with Gasteiger partial charge in [0.05, 0.1) is 6.21 Å². The van der Waals surface area contributed by atoms with E-state index in [2.05, 4.69) is 9.73 Å². The molecule has 92 valence electrons. The fourth-order valence-electron chi connectivity index (χ4n) is 1.10. The first kappa shape index (κ1) is 13.2. The Labute approximate surface area is 95.9 Å². The summed E-state index contributed by atoms with van der Waals surface area (Å²) in [5.41, 5.74) is 0.101. The van der Waals surface area contributed by atoms with Gasteiger partial charge in [-0.05, 0) is 19.1 Å². The van der Waals surface area contributed by atoms with Crippen LogP contribution >= 0.6 is 0 Å². The maximum absolute atomic E-state index is 11.9. The summed E-state index contributed by atoms with van der Waals surface area (Å²) < 4.78 is 39.5. The second-order valence-electron chi connectivity index (χ2n) is 3.07. The molecular weight excluding hydrogens is 235 g/mol. The molecule has 0 heterocycles. The summed E-state index contributed by atoms with van der Waals surface area (Å²) >= 11 is 0. The molecule has 1 rings (SSSR count). The minimum atomic E-state index is -4.76. The predicted octanol–water partition coefficient (Wildman–Crippen LogP) is 2.86. The molecule has 1 aromatic rings. The zero-order chi connectivity index (χ0) is 12.9. The van der Waals surface area contributed by atoms with Crippen molar-refractivity contribution in [2.24, 2.45) is 4.99 Å². The van der Waals surface area contributed by atoms with Gasteiger partial charge in [-0.15, -0.1) is 13.2 Å². The first-order valence-corrected chi connectivity index (χ1v) is 4.82. The molecule has 0 saturated carbocycles. The van der Waals surface area contributed by atoms with Crippen molar-refractivity contribution in [3.63, 3.8) is 0 Å². The third kappa shape index (κ3) is 4.67. The van der Waals surface area contributed by atoms with Gasteiger partial charge in [0.25, 0.3) is 0 Å². The first-order chi connectivity index (χ1) is 7.92. The number of benzene rings is 1. The molecule has 0 bridgehead atoms. The van der Waals surface area contributed by atoms with E-state index in [-0.39, 0.29) is 5.56 Å². The number of alkyl halides is 3. The fourth-order valence-corrected chi connectivity index (χ4v) is 1.10. The number of ketones is 1. The zero-order valence-electron chi connectivity index (χ0n) is 8.99. The first-order valence-electron chi connectivity index (χ1n) is 4.82. The Balaban J connectivity index is 2.86. The van der Waals surface area contributed by atoms with Gasteiger partial charge in [0, 0.05) is 12.1 Å². The summed E-state index contributed by atoms with van der Waals surface area (Å²) in [5.74, 6) is -0.882. The molecule has 3 nitrogen and oxygen atoms in total. The number of Topliss-reactive ketones (excluding diaryl/α,β-unsaturated/α-hetero) is 1. The Bertz CT molecular complexity index is 427. The van der Waals surface area contributed by atoms with Gasteiger partial charge in [0.1, 0.15) is 5.75 Å². The molecule has 0 aliphatic heterocycles. The number of hydrogen-bond donors (Lipinski definition) is 0. The second kappa shape index (κ2) is 5.47. The highest BCUT2D eigenvalue weighted by atomic mass is 19.4. The average molecular weight is 245 g/mol. The summed E-state index contributed by atoms with van der Waals surface area (Å²) in [6, 6.07) is 4.86. The number of aliphatic imine (C=N–C) groups is 1. The highest BCUT2D eigenvalue weighted by Gasteiger charge is 2.31.